The third-order valence-electron chi connectivity index (χ3n) is 3.09. The minimum Gasteiger partial charge on any atom is -0.463 e. The molecule has 1 unspecified atom stereocenters. The predicted molar refractivity (Wildman–Crippen MR) is 76.3 cm³/mol. The third-order valence-corrected chi connectivity index (χ3v) is 3.09. The van der Waals surface area contributed by atoms with Crippen molar-refractivity contribution in [3.05, 3.63) is 10.4 Å². The van der Waals surface area contributed by atoms with Crippen LogP contribution in [0.2, 0.25) is 0 Å². The van der Waals surface area contributed by atoms with Crippen LogP contribution in [0.1, 0.15) is 20.8 Å². The van der Waals surface area contributed by atoms with E-state index in [1.807, 2.05) is 0 Å². The quantitative estimate of drug-likeness (QED) is 0.222. The van der Waals surface area contributed by atoms with Gasteiger partial charge in [-0.25, -0.2) is 0 Å². The zero-order valence-electron chi connectivity index (χ0n) is 13.7. The fourth-order valence-corrected chi connectivity index (χ4v) is 2.26. The van der Waals surface area contributed by atoms with Crippen molar-refractivity contribution in [3.63, 3.8) is 0 Å². The highest BCUT2D eigenvalue weighted by atomic mass is 16.7. The van der Waals surface area contributed by atoms with E-state index in [9.17, 15) is 14.4 Å². The summed E-state index contributed by atoms with van der Waals surface area (Å²) in [4.78, 5) is 36.5. The van der Waals surface area contributed by atoms with Crippen molar-refractivity contribution in [2.75, 3.05) is 13.7 Å². The summed E-state index contributed by atoms with van der Waals surface area (Å²) < 4.78 is 25.8. The van der Waals surface area contributed by atoms with Crippen LogP contribution in [0.3, 0.4) is 0 Å². The molecule has 0 bridgehead atoms. The van der Waals surface area contributed by atoms with E-state index >= 15 is 0 Å². The van der Waals surface area contributed by atoms with Crippen molar-refractivity contribution in [2.45, 2.75) is 51.4 Å². The molecule has 0 aromatic heterocycles. The molecule has 134 valence electrons. The van der Waals surface area contributed by atoms with E-state index in [0.29, 0.717) is 0 Å². The van der Waals surface area contributed by atoms with Crippen LogP contribution >= 0.6 is 0 Å². The first-order valence-corrected chi connectivity index (χ1v) is 7.00. The topological polar surface area (TPSA) is 146 Å². The average Bonchev–Trinajstić information content (AvgIpc) is 2.48. The van der Waals surface area contributed by atoms with Gasteiger partial charge in [0.15, 0.2) is 18.5 Å². The summed E-state index contributed by atoms with van der Waals surface area (Å²) in [7, 11) is 1.30. The van der Waals surface area contributed by atoms with Crippen molar-refractivity contribution in [3.8, 4) is 0 Å². The molecule has 11 heteroatoms. The van der Waals surface area contributed by atoms with Crippen molar-refractivity contribution in [1.82, 2.24) is 0 Å². The smallest absolute Gasteiger partial charge is 0.303 e. The second-order valence-corrected chi connectivity index (χ2v) is 4.92. The first-order valence-electron chi connectivity index (χ1n) is 7.00. The summed E-state index contributed by atoms with van der Waals surface area (Å²) >= 11 is 0. The number of hydrogen-bond donors (Lipinski definition) is 0. The number of esters is 3. The van der Waals surface area contributed by atoms with Gasteiger partial charge in [-0.1, -0.05) is 5.11 Å². The second-order valence-electron chi connectivity index (χ2n) is 4.92. The van der Waals surface area contributed by atoms with Gasteiger partial charge in [-0.3, -0.25) is 14.4 Å². The number of hydrogen-bond acceptors (Lipinski definition) is 9. The molecule has 0 spiro atoms. The van der Waals surface area contributed by atoms with Gasteiger partial charge in [-0.2, -0.15) is 0 Å². The van der Waals surface area contributed by atoms with Gasteiger partial charge in [0.2, 0.25) is 0 Å². The van der Waals surface area contributed by atoms with E-state index < -0.39 is 48.6 Å². The Morgan fingerprint density at radius 2 is 1.67 bits per heavy atom. The summed E-state index contributed by atoms with van der Waals surface area (Å²) in [6, 6.07) is -1.10. The van der Waals surface area contributed by atoms with Crippen LogP contribution in [-0.2, 0) is 38.1 Å². The molecule has 0 N–H and O–H groups in total. The number of carbonyl (C=O) groups excluding carboxylic acids is 3. The Bertz CT molecular complexity index is 533. The summed E-state index contributed by atoms with van der Waals surface area (Å²) in [6.07, 6.45) is -4.37. The largest absolute Gasteiger partial charge is 0.463 e. The standard InChI is InChI=1S/C13H19N3O8/c1-6(17)21-5-9-11(22-7(2)18)12(23-8(3)19)10(15-16-14)13(20-4)24-9/h9-13H,5H2,1-4H3/t9-,10-,11-,12-,13?/m1/s1. The number of ether oxygens (including phenoxy) is 5. The predicted octanol–water partition coefficient (Wildman–Crippen LogP) is 0.463. The molecule has 1 aliphatic heterocycles. The van der Waals surface area contributed by atoms with E-state index in [2.05, 4.69) is 10.0 Å². The lowest BCUT2D eigenvalue weighted by Gasteiger charge is -2.42. The molecule has 24 heavy (non-hydrogen) atoms. The number of carbonyl (C=O) groups is 3. The van der Waals surface area contributed by atoms with Crippen molar-refractivity contribution in [1.29, 1.82) is 0 Å². The maximum Gasteiger partial charge on any atom is 0.303 e. The molecule has 5 atom stereocenters. The Labute approximate surface area is 137 Å². The molecular formula is C13H19N3O8. The maximum absolute atomic E-state index is 11.4. The molecule has 0 amide bonds. The highest BCUT2D eigenvalue weighted by Gasteiger charge is 2.50. The first kappa shape index (κ1) is 19.7. The molecule has 0 saturated carbocycles. The molecule has 0 aromatic carbocycles. The van der Waals surface area contributed by atoms with Gasteiger partial charge in [-0.15, -0.1) is 0 Å². The summed E-state index contributed by atoms with van der Waals surface area (Å²) in [5, 5.41) is 3.51. The van der Waals surface area contributed by atoms with Gasteiger partial charge >= 0.3 is 17.9 Å². The highest BCUT2D eigenvalue weighted by molar-refractivity contribution is 5.68. The Morgan fingerprint density at radius 1 is 1.08 bits per heavy atom. The maximum atomic E-state index is 11.4. The molecule has 11 nitrogen and oxygen atoms in total. The average molecular weight is 345 g/mol. The fraction of sp³-hybridized carbons (Fsp3) is 0.769. The molecule has 1 heterocycles. The van der Waals surface area contributed by atoms with Crippen LogP contribution in [0.5, 0.6) is 0 Å². The van der Waals surface area contributed by atoms with Crippen LogP contribution in [0.4, 0.5) is 0 Å². The monoisotopic (exact) mass is 345 g/mol. The molecule has 1 aliphatic rings. The Balaban J connectivity index is 3.18. The van der Waals surface area contributed by atoms with E-state index in [-0.39, 0.29) is 6.61 Å². The second kappa shape index (κ2) is 9.06. The number of rotatable bonds is 6. The van der Waals surface area contributed by atoms with Crippen LogP contribution in [0.25, 0.3) is 10.4 Å². The van der Waals surface area contributed by atoms with Gasteiger partial charge < -0.3 is 23.7 Å². The van der Waals surface area contributed by atoms with Crippen LogP contribution in [0, 0.1) is 0 Å². The summed E-state index contributed by atoms with van der Waals surface area (Å²) in [6.45, 7) is 3.23. The van der Waals surface area contributed by atoms with Crippen molar-refractivity contribution in [2.24, 2.45) is 5.11 Å². The fourth-order valence-electron chi connectivity index (χ4n) is 2.26. The third kappa shape index (κ3) is 5.37. The summed E-state index contributed by atoms with van der Waals surface area (Å²) in [5.41, 5.74) is 8.72. The molecule has 1 fully saturated rings. The molecule has 0 radical (unpaired) electrons. The number of methoxy groups -OCH3 is 1. The SMILES string of the molecule is COC1O[C@H](COC(C)=O)[C@@H](OC(C)=O)[C@H](OC(C)=O)[C@H]1N=[N+]=[N-]. The Hall–Kier alpha value is -2.36. The lowest BCUT2D eigenvalue weighted by molar-refractivity contribution is -0.267. The molecule has 0 aromatic rings. The molecular weight excluding hydrogens is 326 g/mol. The van der Waals surface area contributed by atoms with Crippen LogP contribution in [0.15, 0.2) is 5.11 Å². The lowest BCUT2D eigenvalue weighted by atomic mass is 9.97. The normalized spacial score (nSPS) is 29.1. The van der Waals surface area contributed by atoms with Crippen LogP contribution < -0.4 is 0 Å². The molecule has 1 rings (SSSR count). The lowest BCUT2D eigenvalue weighted by Crippen LogP contribution is -2.61. The van der Waals surface area contributed by atoms with Gasteiger partial charge in [0.1, 0.15) is 18.8 Å². The minimum atomic E-state index is -1.17. The molecule has 0 aliphatic carbocycles. The van der Waals surface area contributed by atoms with Gasteiger partial charge in [0.05, 0.1) is 0 Å². The van der Waals surface area contributed by atoms with E-state index in [1.54, 1.807) is 0 Å². The van der Waals surface area contributed by atoms with E-state index in [1.165, 1.54) is 14.0 Å². The van der Waals surface area contributed by atoms with E-state index in [0.717, 1.165) is 13.8 Å². The molecule has 1 saturated heterocycles. The Kier molecular flexibility index (Phi) is 7.43. The first-order chi connectivity index (χ1) is 11.3. The van der Waals surface area contributed by atoms with Crippen LogP contribution in [-0.4, -0.2) is 62.3 Å². The van der Waals surface area contributed by atoms with Crippen molar-refractivity contribution >= 4 is 17.9 Å². The van der Waals surface area contributed by atoms with Gasteiger partial charge in [0.25, 0.3) is 0 Å². The van der Waals surface area contributed by atoms with E-state index in [4.69, 9.17) is 29.2 Å². The van der Waals surface area contributed by atoms with Gasteiger partial charge in [0, 0.05) is 32.8 Å². The highest BCUT2D eigenvalue weighted by Crippen LogP contribution is 2.29. The zero-order valence-corrected chi connectivity index (χ0v) is 13.7. The zero-order chi connectivity index (χ0) is 18.3. The Morgan fingerprint density at radius 3 is 2.12 bits per heavy atom. The summed E-state index contributed by atoms with van der Waals surface area (Å²) in [5.74, 6) is -1.93. The van der Waals surface area contributed by atoms with Crippen molar-refractivity contribution < 1.29 is 38.1 Å². The number of nitrogens with zero attached hydrogens (tertiary/aromatic N) is 3. The number of azide groups is 1. The minimum absolute atomic E-state index is 0.270. The van der Waals surface area contributed by atoms with Gasteiger partial charge in [-0.05, 0) is 5.53 Å².